The summed E-state index contributed by atoms with van der Waals surface area (Å²) < 4.78 is 0. The van der Waals surface area contributed by atoms with Crippen LogP contribution in [-0.4, -0.2) is 27.5 Å². The Morgan fingerprint density at radius 1 is 0.667 bits per heavy atom. The lowest BCUT2D eigenvalue weighted by molar-refractivity contribution is -0.0682. The van der Waals surface area contributed by atoms with Crippen LogP contribution in [-0.2, 0) is 6.42 Å². The third-order valence-electron chi connectivity index (χ3n) is 6.23. The van der Waals surface area contributed by atoms with Crippen molar-refractivity contribution in [2.45, 2.75) is 24.7 Å². The van der Waals surface area contributed by atoms with E-state index in [1.165, 1.54) is 26.9 Å². The molecule has 3 heteroatoms. The second-order valence-corrected chi connectivity index (χ2v) is 7.64. The molecule has 0 amide bonds. The number of benzene rings is 5. The van der Waals surface area contributed by atoms with Crippen LogP contribution in [0.25, 0.3) is 43.1 Å². The zero-order valence-corrected chi connectivity index (χ0v) is 14.6. The van der Waals surface area contributed by atoms with E-state index in [0.717, 1.165) is 27.3 Å². The van der Waals surface area contributed by atoms with Gasteiger partial charge in [0.15, 0.2) is 0 Å². The lowest BCUT2D eigenvalue weighted by Crippen LogP contribution is -2.38. The highest BCUT2D eigenvalue weighted by atomic mass is 16.4. The number of aliphatic hydroxyl groups excluding tert-OH is 3. The highest BCUT2D eigenvalue weighted by molar-refractivity contribution is 6.34. The van der Waals surface area contributed by atoms with Crippen LogP contribution in [0.5, 0.6) is 0 Å². The van der Waals surface area contributed by atoms with Crippen molar-refractivity contribution in [1.29, 1.82) is 0 Å². The van der Waals surface area contributed by atoms with Gasteiger partial charge in [0, 0.05) is 6.42 Å². The molecule has 1 aliphatic carbocycles. The molecule has 0 saturated carbocycles. The number of aliphatic hydroxyl groups is 3. The van der Waals surface area contributed by atoms with Gasteiger partial charge in [0.25, 0.3) is 0 Å². The Balaban J connectivity index is 1.96. The Morgan fingerprint density at radius 3 is 2.22 bits per heavy atom. The zero-order chi connectivity index (χ0) is 18.3. The fraction of sp³-hybridized carbons (Fsp3) is 0.167. The number of rotatable bonds is 0. The maximum Gasteiger partial charge on any atom is 0.110 e. The first-order chi connectivity index (χ1) is 13.1. The van der Waals surface area contributed by atoms with E-state index in [2.05, 4.69) is 42.5 Å². The van der Waals surface area contributed by atoms with Crippen LogP contribution >= 0.6 is 0 Å². The summed E-state index contributed by atoms with van der Waals surface area (Å²) in [4.78, 5) is 0. The monoisotopic (exact) mass is 354 g/mol. The summed E-state index contributed by atoms with van der Waals surface area (Å²) >= 11 is 0. The second kappa shape index (κ2) is 5.17. The molecule has 5 aromatic rings. The predicted molar refractivity (Wildman–Crippen MR) is 108 cm³/mol. The summed E-state index contributed by atoms with van der Waals surface area (Å²) in [6, 6.07) is 20.9. The average molecular weight is 354 g/mol. The highest BCUT2D eigenvalue weighted by Gasteiger charge is 2.35. The third-order valence-corrected chi connectivity index (χ3v) is 6.23. The summed E-state index contributed by atoms with van der Waals surface area (Å²) in [7, 11) is 0. The summed E-state index contributed by atoms with van der Waals surface area (Å²) in [5, 5.41) is 40.5. The Labute approximate surface area is 155 Å². The van der Waals surface area contributed by atoms with Gasteiger partial charge >= 0.3 is 0 Å². The molecular formula is C24H18O3. The number of hydrogen-bond donors (Lipinski definition) is 3. The van der Waals surface area contributed by atoms with Crippen molar-refractivity contribution < 1.29 is 15.3 Å². The topological polar surface area (TPSA) is 60.7 Å². The molecule has 0 fully saturated rings. The molecule has 0 saturated heterocycles. The van der Waals surface area contributed by atoms with Crippen molar-refractivity contribution in [3.8, 4) is 0 Å². The van der Waals surface area contributed by atoms with Gasteiger partial charge in [-0.1, -0.05) is 54.6 Å². The quantitative estimate of drug-likeness (QED) is 0.290. The molecule has 5 aromatic carbocycles. The van der Waals surface area contributed by atoms with E-state index < -0.39 is 18.3 Å². The molecule has 3 atom stereocenters. The van der Waals surface area contributed by atoms with Crippen molar-refractivity contribution in [2.75, 3.05) is 0 Å². The summed E-state index contributed by atoms with van der Waals surface area (Å²) in [6.07, 6.45) is -2.86. The van der Waals surface area contributed by atoms with Crippen LogP contribution < -0.4 is 0 Å². The first-order valence-electron chi connectivity index (χ1n) is 9.30. The van der Waals surface area contributed by atoms with E-state index in [1.807, 2.05) is 18.2 Å². The van der Waals surface area contributed by atoms with Crippen LogP contribution in [0.4, 0.5) is 0 Å². The van der Waals surface area contributed by atoms with E-state index in [9.17, 15) is 15.3 Å². The van der Waals surface area contributed by atoms with Crippen molar-refractivity contribution in [3.05, 3.63) is 71.8 Å². The Bertz CT molecular complexity index is 1350. The van der Waals surface area contributed by atoms with Gasteiger partial charge in [-0.3, -0.25) is 0 Å². The normalized spacial score (nSPS) is 22.9. The van der Waals surface area contributed by atoms with E-state index in [0.29, 0.717) is 6.42 Å². The molecule has 3 nitrogen and oxygen atoms in total. The molecular weight excluding hydrogens is 336 g/mol. The maximum absolute atomic E-state index is 10.6. The van der Waals surface area contributed by atoms with Gasteiger partial charge < -0.3 is 15.3 Å². The molecule has 0 radical (unpaired) electrons. The first kappa shape index (κ1) is 15.3. The molecule has 0 bridgehead atoms. The lowest BCUT2D eigenvalue weighted by Gasteiger charge is -2.32. The maximum atomic E-state index is 10.6. The van der Waals surface area contributed by atoms with E-state index in [-0.39, 0.29) is 0 Å². The van der Waals surface area contributed by atoms with Gasteiger partial charge in [0.1, 0.15) is 12.2 Å². The predicted octanol–water partition coefficient (Wildman–Crippen LogP) is 4.05. The Kier molecular flexibility index (Phi) is 2.94. The van der Waals surface area contributed by atoms with Gasteiger partial charge in [-0.05, 0) is 60.3 Å². The smallest absolute Gasteiger partial charge is 0.110 e. The minimum Gasteiger partial charge on any atom is -0.390 e. The fourth-order valence-corrected chi connectivity index (χ4v) is 5.00. The molecule has 132 valence electrons. The molecule has 0 aromatic heterocycles. The second-order valence-electron chi connectivity index (χ2n) is 7.64. The number of fused-ring (bicyclic) bond motifs is 5. The molecule has 3 N–H and O–H groups in total. The van der Waals surface area contributed by atoms with Crippen molar-refractivity contribution in [1.82, 2.24) is 0 Å². The van der Waals surface area contributed by atoms with Crippen LogP contribution in [0, 0.1) is 0 Å². The zero-order valence-electron chi connectivity index (χ0n) is 14.6. The van der Waals surface area contributed by atoms with Gasteiger partial charge in [-0.15, -0.1) is 0 Å². The van der Waals surface area contributed by atoms with E-state index in [4.69, 9.17) is 0 Å². The van der Waals surface area contributed by atoms with Crippen molar-refractivity contribution >= 4 is 43.1 Å². The largest absolute Gasteiger partial charge is 0.390 e. The molecule has 6 rings (SSSR count). The SMILES string of the molecule is O[C@H]1[C@@H](O)Cc2c(cc3ccc4cccc5c6ccccc6c2c3c45)[C@@H]1O. The minimum atomic E-state index is -1.16. The molecule has 0 spiro atoms. The minimum absolute atomic E-state index is 0.339. The fourth-order valence-electron chi connectivity index (χ4n) is 5.00. The molecule has 0 aliphatic heterocycles. The third kappa shape index (κ3) is 1.86. The van der Waals surface area contributed by atoms with Crippen LogP contribution in [0.3, 0.4) is 0 Å². The lowest BCUT2D eigenvalue weighted by atomic mass is 9.78. The Hall–Kier alpha value is -2.72. The highest BCUT2D eigenvalue weighted by Crippen LogP contribution is 2.45. The molecule has 0 heterocycles. The van der Waals surface area contributed by atoms with E-state index in [1.54, 1.807) is 0 Å². The van der Waals surface area contributed by atoms with Gasteiger partial charge in [0.2, 0.25) is 0 Å². The van der Waals surface area contributed by atoms with Gasteiger partial charge in [-0.25, -0.2) is 0 Å². The summed E-state index contributed by atoms with van der Waals surface area (Å²) in [5.41, 5.74) is 1.67. The molecule has 0 unspecified atom stereocenters. The standard InChI is InChI=1S/C24H18O3/c25-19-11-17-18(23(26)24(19)27)10-13-9-8-12-4-3-7-15-14-5-1-2-6-16(14)22(17)21(13)20(12)15/h1-10,19,23-27H,11H2/t19-,23-,24-/m0/s1. The molecule has 27 heavy (non-hydrogen) atoms. The summed E-state index contributed by atoms with van der Waals surface area (Å²) in [6.45, 7) is 0. The number of hydrogen-bond acceptors (Lipinski definition) is 3. The van der Waals surface area contributed by atoms with Crippen molar-refractivity contribution in [3.63, 3.8) is 0 Å². The van der Waals surface area contributed by atoms with Gasteiger partial charge in [0.05, 0.1) is 6.10 Å². The van der Waals surface area contributed by atoms with E-state index >= 15 is 0 Å². The van der Waals surface area contributed by atoms with Gasteiger partial charge in [-0.2, -0.15) is 0 Å². The van der Waals surface area contributed by atoms with Crippen LogP contribution in [0.1, 0.15) is 17.2 Å². The summed E-state index contributed by atoms with van der Waals surface area (Å²) in [5.74, 6) is 0. The Morgan fingerprint density at radius 2 is 1.37 bits per heavy atom. The molecule has 1 aliphatic rings. The van der Waals surface area contributed by atoms with Crippen molar-refractivity contribution in [2.24, 2.45) is 0 Å². The average Bonchev–Trinajstić information content (AvgIpc) is 2.70. The first-order valence-corrected chi connectivity index (χ1v) is 9.30. The van der Waals surface area contributed by atoms with Crippen LogP contribution in [0.2, 0.25) is 0 Å². The van der Waals surface area contributed by atoms with Crippen LogP contribution in [0.15, 0.2) is 60.7 Å².